The summed E-state index contributed by atoms with van der Waals surface area (Å²) in [5.41, 5.74) is -1.04. The molecule has 2 aliphatic heterocycles. The highest BCUT2D eigenvalue weighted by Gasteiger charge is 2.43. The summed E-state index contributed by atoms with van der Waals surface area (Å²) in [6.07, 6.45) is 0.529. The Hall–Kier alpha value is -3.63. The van der Waals surface area contributed by atoms with Crippen LogP contribution < -0.4 is 14.8 Å². The molecule has 4 rings (SSSR count). The van der Waals surface area contributed by atoms with E-state index in [9.17, 15) is 19.5 Å². The van der Waals surface area contributed by atoms with Gasteiger partial charge in [0.05, 0.1) is 13.2 Å². The Morgan fingerprint density at radius 3 is 2.31 bits per heavy atom. The molecule has 2 fully saturated rings. The summed E-state index contributed by atoms with van der Waals surface area (Å²) in [6.45, 7) is 7.98. The molecule has 0 aromatic heterocycles. The van der Waals surface area contributed by atoms with Gasteiger partial charge in [-0.3, -0.25) is 19.4 Å². The van der Waals surface area contributed by atoms with Gasteiger partial charge in [-0.25, -0.2) is 4.79 Å². The number of para-hydroxylation sites is 1. The number of ether oxygens (including phenoxy) is 2. The van der Waals surface area contributed by atoms with Crippen LogP contribution in [0.5, 0.6) is 11.5 Å². The Bertz CT molecular complexity index is 1160. The summed E-state index contributed by atoms with van der Waals surface area (Å²) in [6, 6.07) is 16.7. The van der Waals surface area contributed by atoms with Gasteiger partial charge in [0.25, 0.3) is 5.91 Å². The zero-order valence-electron chi connectivity index (χ0n) is 22.9. The molecule has 2 aromatic rings. The molecule has 10 nitrogen and oxygen atoms in total. The van der Waals surface area contributed by atoms with Crippen LogP contribution in [-0.2, 0) is 16.1 Å². The monoisotopic (exact) mass is 538 g/mol. The topological polar surface area (TPSA) is 112 Å². The zero-order valence-corrected chi connectivity index (χ0v) is 22.9. The molecule has 2 N–H and O–H groups in total. The molecule has 0 bridgehead atoms. The lowest BCUT2D eigenvalue weighted by atomic mass is 10.0. The molecule has 4 amide bonds. The Morgan fingerprint density at radius 2 is 1.67 bits per heavy atom. The van der Waals surface area contributed by atoms with Crippen molar-refractivity contribution in [2.75, 3.05) is 45.9 Å². The van der Waals surface area contributed by atoms with Crippen molar-refractivity contribution in [2.24, 2.45) is 0 Å². The number of amides is 4. The third-order valence-electron chi connectivity index (χ3n) is 6.95. The predicted molar refractivity (Wildman–Crippen MR) is 145 cm³/mol. The van der Waals surface area contributed by atoms with Crippen LogP contribution in [0.15, 0.2) is 54.6 Å². The highest BCUT2D eigenvalue weighted by Crippen LogP contribution is 2.21. The molecule has 1 atom stereocenters. The van der Waals surface area contributed by atoms with Crippen molar-refractivity contribution >= 4 is 17.8 Å². The number of rotatable bonds is 10. The molecular weight excluding hydrogens is 500 g/mol. The molecule has 0 aliphatic carbocycles. The second kappa shape index (κ2) is 12.0. The summed E-state index contributed by atoms with van der Waals surface area (Å²) < 4.78 is 11.7. The van der Waals surface area contributed by atoms with E-state index < -0.39 is 11.1 Å². The molecule has 2 heterocycles. The first-order chi connectivity index (χ1) is 18.5. The number of hydrogen-bond acceptors (Lipinski definition) is 7. The van der Waals surface area contributed by atoms with E-state index in [1.54, 1.807) is 18.7 Å². The van der Waals surface area contributed by atoms with Crippen molar-refractivity contribution in [1.29, 1.82) is 0 Å². The van der Waals surface area contributed by atoms with Crippen molar-refractivity contribution < 1.29 is 29.0 Å². The fourth-order valence-corrected chi connectivity index (χ4v) is 4.85. The van der Waals surface area contributed by atoms with Crippen molar-refractivity contribution in [3.8, 4) is 11.5 Å². The number of aliphatic hydroxyl groups is 1. The molecule has 2 aromatic carbocycles. The average molecular weight is 539 g/mol. The smallest absolute Gasteiger partial charge is 0.325 e. The number of carbonyl (C=O) groups excluding carboxylic acids is 3. The van der Waals surface area contributed by atoms with Gasteiger partial charge in [-0.2, -0.15) is 0 Å². The van der Waals surface area contributed by atoms with Crippen LogP contribution in [0.3, 0.4) is 0 Å². The van der Waals surface area contributed by atoms with Gasteiger partial charge in [-0.15, -0.1) is 0 Å². The van der Waals surface area contributed by atoms with Gasteiger partial charge in [0, 0.05) is 39.6 Å². The van der Waals surface area contributed by atoms with Crippen LogP contribution in [0, 0.1) is 0 Å². The maximum Gasteiger partial charge on any atom is 0.325 e. The molecule has 0 spiro atoms. The second-order valence-electron chi connectivity index (χ2n) is 10.8. The quantitative estimate of drug-likeness (QED) is 0.353. The van der Waals surface area contributed by atoms with Crippen molar-refractivity contribution in [3.05, 3.63) is 60.2 Å². The Kier molecular flexibility index (Phi) is 8.76. The SMILES string of the molecule is CC(=O)N1CCN(Cc2ccc(OCCCN3C(=O)NC(C)(C)C3=O)cc2)C[C@@](O)(COc2ccccc2)C1. The van der Waals surface area contributed by atoms with Gasteiger partial charge >= 0.3 is 6.03 Å². The Balaban J connectivity index is 1.29. The van der Waals surface area contributed by atoms with Gasteiger partial charge in [-0.05, 0) is 50.1 Å². The van der Waals surface area contributed by atoms with Gasteiger partial charge in [-0.1, -0.05) is 30.3 Å². The summed E-state index contributed by atoms with van der Waals surface area (Å²) in [5, 5.41) is 14.1. The highest BCUT2D eigenvalue weighted by atomic mass is 16.5. The van der Waals surface area contributed by atoms with Gasteiger partial charge < -0.3 is 24.8 Å². The van der Waals surface area contributed by atoms with E-state index in [2.05, 4.69) is 10.2 Å². The highest BCUT2D eigenvalue weighted by molar-refractivity contribution is 6.06. The lowest BCUT2D eigenvalue weighted by Crippen LogP contribution is -2.51. The van der Waals surface area contributed by atoms with E-state index in [-0.39, 0.29) is 31.0 Å². The number of benzene rings is 2. The predicted octanol–water partition coefficient (Wildman–Crippen LogP) is 2.26. The molecule has 2 aliphatic rings. The molecule has 0 unspecified atom stereocenters. The molecule has 0 radical (unpaired) electrons. The van der Waals surface area contributed by atoms with Gasteiger partial charge in [0.2, 0.25) is 5.91 Å². The minimum absolute atomic E-state index is 0.0741. The van der Waals surface area contributed by atoms with Crippen LogP contribution in [0.2, 0.25) is 0 Å². The van der Waals surface area contributed by atoms with Crippen molar-refractivity contribution in [1.82, 2.24) is 20.0 Å². The molecular formula is C29H38N4O6. The van der Waals surface area contributed by atoms with Gasteiger partial charge in [0.15, 0.2) is 0 Å². The number of imide groups is 1. The summed E-state index contributed by atoms with van der Waals surface area (Å²) in [5.74, 6) is 1.07. The fraction of sp³-hybridized carbons (Fsp3) is 0.483. The third-order valence-corrected chi connectivity index (χ3v) is 6.95. The Morgan fingerprint density at radius 1 is 0.974 bits per heavy atom. The fourth-order valence-electron chi connectivity index (χ4n) is 4.85. The number of nitrogens with zero attached hydrogens (tertiary/aromatic N) is 3. The largest absolute Gasteiger partial charge is 0.494 e. The van der Waals surface area contributed by atoms with Crippen LogP contribution in [0.25, 0.3) is 0 Å². The lowest BCUT2D eigenvalue weighted by molar-refractivity contribution is -0.132. The number of urea groups is 1. The van der Waals surface area contributed by atoms with Crippen LogP contribution in [0.4, 0.5) is 4.79 Å². The van der Waals surface area contributed by atoms with E-state index in [0.717, 1.165) is 5.56 Å². The summed E-state index contributed by atoms with van der Waals surface area (Å²) in [7, 11) is 0. The summed E-state index contributed by atoms with van der Waals surface area (Å²) >= 11 is 0. The van der Waals surface area contributed by atoms with Crippen LogP contribution in [0.1, 0.15) is 32.8 Å². The van der Waals surface area contributed by atoms with Gasteiger partial charge in [0.1, 0.15) is 29.2 Å². The maximum absolute atomic E-state index is 12.3. The molecule has 10 heteroatoms. The van der Waals surface area contributed by atoms with Crippen molar-refractivity contribution in [3.63, 3.8) is 0 Å². The number of hydrogen-bond donors (Lipinski definition) is 2. The van der Waals surface area contributed by atoms with E-state index in [0.29, 0.717) is 57.3 Å². The molecule has 39 heavy (non-hydrogen) atoms. The van der Waals surface area contributed by atoms with E-state index >= 15 is 0 Å². The number of carbonyl (C=O) groups is 3. The average Bonchev–Trinajstić information content (AvgIpc) is 3.01. The van der Waals surface area contributed by atoms with E-state index in [1.807, 2.05) is 54.6 Å². The number of β-amino-alcohol motifs (C(OH)–C–C–N with tert-alkyl or cyclic N) is 1. The first kappa shape index (κ1) is 28.4. The minimum Gasteiger partial charge on any atom is -0.494 e. The zero-order chi connectivity index (χ0) is 28.0. The molecule has 210 valence electrons. The second-order valence-corrected chi connectivity index (χ2v) is 10.8. The van der Waals surface area contributed by atoms with Crippen LogP contribution in [-0.4, -0.2) is 94.7 Å². The summed E-state index contributed by atoms with van der Waals surface area (Å²) in [4.78, 5) is 41.5. The Labute approximate surface area is 229 Å². The van der Waals surface area contributed by atoms with E-state index in [4.69, 9.17) is 9.47 Å². The molecule has 0 saturated carbocycles. The minimum atomic E-state index is -1.22. The third kappa shape index (κ3) is 7.48. The first-order valence-electron chi connectivity index (χ1n) is 13.3. The van der Waals surface area contributed by atoms with Crippen LogP contribution >= 0.6 is 0 Å². The number of nitrogens with one attached hydrogen (secondary N) is 1. The maximum atomic E-state index is 12.3. The first-order valence-corrected chi connectivity index (χ1v) is 13.3. The lowest BCUT2D eigenvalue weighted by Gasteiger charge is -2.32. The standard InChI is InChI=1S/C29H38N4O6/c1-22(34)32-16-15-31(19-29(37,20-32)21-39-24-8-5-4-6-9-24)18-23-10-12-25(13-11-23)38-17-7-14-33-26(35)28(2,3)30-27(33)36/h4-6,8-13,37H,7,14-21H2,1-3H3,(H,30,36)/t29-/m0/s1. The molecule has 2 saturated heterocycles. The van der Waals surface area contributed by atoms with Crippen molar-refractivity contribution in [2.45, 2.75) is 44.9 Å². The van der Waals surface area contributed by atoms with E-state index in [1.165, 1.54) is 11.8 Å². The normalized spacial score (nSPS) is 21.4.